The summed E-state index contributed by atoms with van der Waals surface area (Å²) in [7, 11) is 0. The van der Waals surface area contributed by atoms with E-state index in [-0.39, 0.29) is 18.9 Å². The lowest BCUT2D eigenvalue weighted by Crippen LogP contribution is -2.54. The second-order valence-electron chi connectivity index (χ2n) is 13.3. The van der Waals surface area contributed by atoms with Crippen LogP contribution in [-0.2, 0) is 43.2 Å². The van der Waals surface area contributed by atoms with Gasteiger partial charge in [-0.25, -0.2) is 9.59 Å². The van der Waals surface area contributed by atoms with Crippen molar-refractivity contribution < 1.29 is 28.6 Å². The van der Waals surface area contributed by atoms with Crippen molar-refractivity contribution in [2.45, 2.75) is 70.7 Å². The van der Waals surface area contributed by atoms with E-state index in [9.17, 15) is 14.4 Å². The number of carbonyl (C=O) groups excluding carboxylic acids is 3. The minimum atomic E-state index is -0.951. The third-order valence-electron chi connectivity index (χ3n) is 8.94. The summed E-state index contributed by atoms with van der Waals surface area (Å²) in [5.41, 5.74) is 6.65. The molecule has 3 aromatic carbocycles. The van der Waals surface area contributed by atoms with Crippen LogP contribution < -0.4 is 10.2 Å². The molecule has 0 bridgehead atoms. The van der Waals surface area contributed by atoms with Crippen LogP contribution >= 0.6 is 0 Å². The molecular weight excluding hydrogens is 582 g/mol. The van der Waals surface area contributed by atoms with Gasteiger partial charge in [0.15, 0.2) is 0 Å². The first-order chi connectivity index (χ1) is 22.1. The Bertz CT molecular complexity index is 1570. The van der Waals surface area contributed by atoms with E-state index in [1.807, 2.05) is 53.4 Å². The highest BCUT2D eigenvalue weighted by molar-refractivity contribution is 5.95. The van der Waals surface area contributed by atoms with E-state index in [0.717, 1.165) is 67.0 Å². The molecule has 1 aliphatic carbocycles. The number of carbonyl (C=O) groups is 3. The highest BCUT2D eigenvalue weighted by Gasteiger charge is 2.31. The molecule has 2 aliphatic heterocycles. The van der Waals surface area contributed by atoms with Crippen LogP contribution in [0.25, 0.3) is 11.1 Å². The fourth-order valence-corrected chi connectivity index (χ4v) is 6.63. The zero-order valence-electron chi connectivity index (χ0n) is 26.9. The van der Waals surface area contributed by atoms with E-state index in [1.165, 1.54) is 11.1 Å². The van der Waals surface area contributed by atoms with Crippen LogP contribution in [0.4, 0.5) is 10.5 Å². The molecule has 2 saturated heterocycles. The summed E-state index contributed by atoms with van der Waals surface area (Å²) in [5, 5.41) is 2.75. The van der Waals surface area contributed by atoms with Gasteiger partial charge in [0, 0.05) is 44.5 Å². The van der Waals surface area contributed by atoms with Crippen LogP contribution in [0.5, 0.6) is 0 Å². The minimum absolute atomic E-state index is 0.0782. The molecule has 3 aromatic rings. The summed E-state index contributed by atoms with van der Waals surface area (Å²) < 4.78 is 16.8. The highest BCUT2D eigenvalue weighted by Crippen LogP contribution is 2.38. The molecular formula is C37H43N3O6. The number of esters is 1. The Labute approximate surface area is 270 Å². The molecule has 0 aromatic heterocycles. The first kappa shape index (κ1) is 31.8. The first-order valence-corrected chi connectivity index (χ1v) is 16.2. The Morgan fingerprint density at radius 2 is 1.70 bits per heavy atom. The Balaban J connectivity index is 1.08. The van der Waals surface area contributed by atoms with E-state index in [0.29, 0.717) is 19.1 Å². The smallest absolute Gasteiger partial charge is 0.408 e. The third kappa shape index (κ3) is 7.43. The first-order valence-electron chi connectivity index (χ1n) is 16.2. The summed E-state index contributed by atoms with van der Waals surface area (Å²) >= 11 is 0. The summed E-state index contributed by atoms with van der Waals surface area (Å²) in [6.45, 7) is 8.82. The average molecular weight is 626 g/mol. The van der Waals surface area contributed by atoms with Gasteiger partial charge < -0.3 is 24.4 Å². The van der Waals surface area contributed by atoms with Crippen molar-refractivity contribution in [2.24, 2.45) is 0 Å². The fourth-order valence-electron chi connectivity index (χ4n) is 6.63. The number of nitrogens with one attached hydrogen (secondary N) is 1. The number of anilines is 1. The van der Waals surface area contributed by atoms with Crippen molar-refractivity contribution in [3.63, 3.8) is 0 Å². The number of piperazine rings is 1. The van der Waals surface area contributed by atoms with Gasteiger partial charge in [-0.05, 0) is 85.5 Å². The van der Waals surface area contributed by atoms with Gasteiger partial charge in [-0.3, -0.25) is 9.69 Å². The second kappa shape index (κ2) is 13.6. The van der Waals surface area contributed by atoms with Crippen LogP contribution in [-0.4, -0.2) is 73.4 Å². The van der Waals surface area contributed by atoms with E-state index < -0.39 is 23.7 Å². The molecule has 1 N–H and O–H groups in total. The van der Waals surface area contributed by atoms with Crippen LogP contribution in [0.3, 0.4) is 0 Å². The molecule has 0 spiro atoms. The van der Waals surface area contributed by atoms with Crippen LogP contribution in [0, 0.1) is 0 Å². The number of amides is 2. The lowest BCUT2D eigenvalue weighted by molar-refractivity contribution is -0.157. The molecule has 9 nitrogen and oxygen atoms in total. The number of ether oxygens (including phenoxy) is 3. The molecule has 3 aliphatic rings. The number of hydrogen-bond acceptors (Lipinski definition) is 7. The van der Waals surface area contributed by atoms with Gasteiger partial charge >= 0.3 is 12.1 Å². The summed E-state index contributed by atoms with van der Waals surface area (Å²) in [5.74, 6) is -0.460. The lowest BCUT2D eigenvalue weighted by atomic mass is 10.0. The van der Waals surface area contributed by atoms with Crippen molar-refractivity contribution in [3.8, 4) is 11.1 Å². The zero-order valence-corrected chi connectivity index (χ0v) is 26.9. The van der Waals surface area contributed by atoms with Gasteiger partial charge in [0.05, 0.1) is 6.54 Å². The Morgan fingerprint density at radius 1 is 0.957 bits per heavy atom. The van der Waals surface area contributed by atoms with Gasteiger partial charge in [-0.1, -0.05) is 54.6 Å². The number of rotatable bonds is 8. The second-order valence-corrected chi connectivity index (χ2v) is 13.3. The topological polar surface area (TPSA) is 97.4 Å². The monoisotopic (exact) mass is 625 g/mol. The Hall–Kier alpha value is -4.21. The van der Waals surface area contributed by atoms with Gasteiger partial charge in [0.25, 0.3) is 0 Å². The summed E-state index contributed by atoms with van der Waals surface area (Å²) in [6.07, 6.45) is 2.25. The predicted molar refractivity (Wildman–Crippen MR) is 176 cm³/mol. The van der Waals surface area contributed by atoms with Gasteiger partial charge in [-0.2, -0.15) is 0 Å². The molecule has 242 valence electrons. The molecule has 0 saturated carbocycles. The number of alkyl carbamates (subject to hydrolysis) is 1. The quantitative estimate of drug-likeness (QED) is 0.267. The number of benzene rings is 3. The number of hydrogen-bond donors (Lipinski definition) is 1. The number of fused-ring (bicyclic) bond motifs is 3. The molecule has 2 fully saturated rings. The van der Waals surface area contributed by atoms with Crippen molar-refractivity contribution in [2.75, 3.05) is 37.7 Å². The summed E-state index contributed by atoms with van der Waals surface area (Å²) in [6, 6.07) is 21.4. The highest BCUT2D eigenvalue weighted by atomic mass is 16.6. The van der Waals surface area contributed by atoms with Crippen molar-refractivity contribution in [1.82, 2.24) is 10.2 Å². The minimum Gasteiger partial charge on any atom is -0.458 e. The maximum atomic E-state index is 13.2. The zero-order chi connectivity index (χ0) is 32.3. The van der Waals surface area contributed by atoms with Crippen LogP contribution in [0.1, 0.15) is 55.9 Å². The van der Waals surface area contributed by atoms with Gasteiger partial charge in [-0.15, -0.1) is 0 Å². The average Bonchev–Trinajstić information content (AvgIpc) is 3.43. The largest absolute Gasteiger partial charge is 0.458 e. The molecule has 6 rings (SSSR count). The Kier molecular flexibility index (Phi) is 9.42. The van der Waals surface area contributed by atoms with Gasteiger partial charge in [0.1, 0.15) is 18.2 Å². The van der Waals surface area contributed by atoms with Crippen molar-refractivity contribution >= 4 is 23.7 Å². The predicted octanol–water partition coefficient (Wildman–Crippen LogP) is 5.26. The maximum absolute atomic E-state index is 13.2. The van der Waals surface area contributed by atoms with Crippen molar-refractivity contribution in [1.29, 1.82) is 0 Å². The molecule has 1 atom stereocenters. The van der Waals surface area contributed by atoms with E-state index in [1.54, 1.807) is 20.8 Å². The Morgan fingerprint density at radius 3 is 2.43 bits per heavy atom. The normalized spacial score (nSPS) is 17.6. The fraction of sp³-hybridized carbons (Fsp3) is 0.432. The van der Waals surface area contributed by atoms with E-state index in [2.05, 4.69) is 28.4 Å². The van der Waals surface area contributed by atoms with Gasteiger partial charge in [0.2, 0.25) is 5.91 Å². The lowest BCUT2D eigenvalue weighted by Gasteiger charge is -2.40. The molecule has 2 amide bonds. The van der Waals surface area contributed by atoms with E-state index in [4.69, 9.17) is 14.2 Å². The standard InChI is InChI=1S/C37H43N3O6/c1-37(2,3)46-35(42)33(38-36(43)45-24-27-8-6-10-31-30-9-5-4-7-26(30)22-32(27)31)21-25-11-13-29(14-12-25)40-18-17-39(23-34(40)41)28-15-19-44-20-16-28/h4-14,28,33H,15-24H2,1-3H3,(H,38,43). The molecule has 1 unspecified atom stereocenters. The molecule has 9 heteroatoms. The third-order valence-corrected chi connectivity index (χ3v) is 8.94. The van der Waals surface area contributed by atoms with Crippen LogP contribution in [0.15, 0.2) is 66.7 Å². The van der Waals surface area contributed by atoms with Crippen molar-refractivity contribution in [3.05, 3.63) is 89.0 Å². The molecule has 46 heavy (non-hydrogen) atoms. The maximum Gasteiger partial charge on any atom is 0.408 e. The summed E-state index contributed by atoms with van der Waals surface area (Å²) in [4.78, 5) is 43.4. The van der Waals surface area contributed by atoms with E-state index >= 15 is 0 Å². The molecule has 2 heterocycles. The molecule has 0 radical (unpaired) electrons. The number of nitrogens with zero attached hydrogens (tertiary/aromatic N) is 2. The van der Waals surface area contributed by atoms with Crippen LogP contribution in [0.2, 0.25) is 0 Å². The SMILES string of the molecule is CC(C)(C)OC(=O)C(Cc1ccc(N2CCN(C3CCOCC3)CC2=O)cc1)NC(=O)OCc1cccc2c1Cc1ccccc1-2.